The van der Waals surface area contributed by atoms with Gasteiger partial charge >= 0.3 is 0 Å². The van der Waals surface area contributed by atoms with Crippen molar-refractivity contribution in [3.63, 3.8) is 0 Å². The van der Waals surface area contributed by atoms with Crippen LogP contribution in [0.3, 0.4) is 0 Å². The number of piperazine rings is 1. The van der Waals surface area contributed by atoms with E-state index < -0.39 is 6.10 Å². The fraction of sp³-hybridized carbons (Fsp3) is 0.320. The molecule has 1 aliphatic heterocycles. The lowest BCUT2D eigenvalue weighted by atomic mass is 10.1. The van der Waals surface area contributed by atoms with Crippen LogP contribution < -0.4 is 15.0 Å². The van der Waals surface area contributed by atoms with Gasteiger partial charge in [-0.3, -0.25) is 4.79 Å². The zero-order chi connectivity index (χ0) is 20.9. The lowest BCUT2D eigenvalue weighted by molar-refractivity contribution is -0.122. The first-order valence-corrected chi connectivity index (χ1v) is 10.6. The molecule has 0 spiro atoms. The smallest absolute Gasteiger partial charge is 0.265 e. The monoisotopic (exact) mass is 403 g/mol. The maximum atomic E-state index is 12.8. The largest absolute Gasteiger partial charge is 0.481 e. The molecule has 1 N–H and O–H groups in total. The minimum absolute atomic E-state index is 0.127. The molecule has 1 amide bonds. The van der Waals surface area contributed by atoms with Gasteiger partial charge in [0, 0.05) is 37.6 Å². The molecule has 1 saturated heterocycles. The van der Waals surface area contributed by atoms with Crippen molar-refractivity contribution >= 4 is 28.1 Å². The molecule has 1 fully saturated rings. The molecule has 156 valence electrons. The number of carbonyl (C=O) groups excluding carboxylic acids is 1. The third kappa shape index (κ3) is 4.74. The van der Waals surface area contributed by atoms with Crippen LogP contribution in [0.2, 0.25) is 0 Å². The normalized spacial score (nSPS) is 15.7. The number of hydrogen-bond acceptors (Lipinski definition) is 4. The quantitative estimate of drug-likeness (QED) is 0.663. The van der Waals surface area contributed by atoms with Gasteiger partial charge in [-0.1, -0.05) is 37.3 Å². The summed E-state index contributed by atoms with van der Waals surface area (Å²) in [4.78, 5) is 17.5. The fourth-order valence-corrected chi connectivity index (χ4v) is 3.77. The maximum absolute atomic E-state index is 12.8. The molecule has 5 heteroatoms. The average molecular weight is 404 g/mol. The summed E-state index contributed by atoms with van der Waals surface area (Å²) in [6.45, 7) is 6.16. The first kappa shape index (κ1) is 20.2. The molecular weight excluding hydrogens is 374 g/mol. The molecule has 1 heterocycles. The van der Waals surface area contributed by atoms with Crippen LogP contribution in [-0.4, -0.2) is 50.1 Å². The van der Waals surface area contributed by atoms with E-state index in [-0.39, 0.29) is 5.91 Å². The highest BCUT2D eigenvalue weighted by atomic mass is 16.5. The van der Waals surface area contributed by atoms with Crippen molar-refractivity contribution in [3.8, 4) is 5.75 Å². The number of rotatable bonds is 6. The minimum Gasteiger partial charge on any atom is -0.481 e. The third-order valence-electron chi connectivity index (χ3n) is 5.67. The highest BCUT2D eigenvalue weighted by Crippen LogP contribution is 2.23. The highest BCUT2D eigenvalue weighted by Gasteiger charge is 2.19. The van der Waals surface area contributed by atoms with Crippen molar-refractivity contribution < 1.29 is 9.53 Å². The summed E-state index contributed by atoms with van der Waals surface area (Å²) < 4.78 is 6.01. The van der Waals surface area contributed by atoms with Crippen LogP contribution in [-0.2, 0) is 4.79 Å². The van der Waals surface area contributed by atoms with Crippen LogP contribution in [0.5, 0.6) is 5.75 Å². The Morgan fingerprint density at radius 3 is 2.37 bits per heavy atom. The number of carbonyl (C=O) groups is 1. The van der Waals surface area contributed by atoms with Crippen molar-refractivity contribution in [1.82, 2.24) is 4.90 Å². The number of nitrogens with one attached hydrogen (secondary N) is 1. The Balaban J connectivity index is 1.38. The van der Waals surface area contributed by atoms with E-state index in [0.29, 0.717) is 12.2 Å². The Bertz CT molecular complexity index is 995. The number of fused-ring (bicyclic) bond motifs is 1. The van der Waals surface area contributed by atoms with Crippen LogP contribution >= 0.6 is 0 Å². The summed E-state index contributed by atoms with van der Waals surface area (Å²) >= 11 is 0. The van der Waals surface area contributed by atoms with Crippen molar-refractivity contribution in [1.29, 1.82) is 0 Å². The summed E-state index contributed by atoms with van der Waals surface area (Å²) in [7, 11) is 2.15. The third-order valence-corrected chi connectivity index (χ3v) is 5.67. The molecule has 0 aliphatic carbocycles. The fourth-order valence-electron chi connectivity index (χ4n) is 3.77. The first-order chi connectivity index (χ1) is 14.6. The van der Waals surface area contributed by atoms with Crippen LogP contribution in [0, 0.1) is 0 Å². The van der Waals surface area contributed by atoms with Gasteiger partial charge in [-0.2, -0.15) is 0 Å². The minimum atomic E-state index is -0.538. The number of ether oxygens (including phenoxy) is 1. The number of nitrogens with zero attached hydrogens (tertiary/aromatic N) is 2. The number of anilines is 2. The van der Waals surface area contributed by atoms with E-state index in [1.807, 2.05) is 55.5 Å². The lowest BCUT2D eigenvalue weighted by Gasteiger charge is -2.34. The molecule has 1 aliphatic rings. The second-order valence-corrected chi connectivity index (χ2v) is 7.85. The molecule has 1 atom stereocenters. The Morgan fingerprint density at radius 2 is 1.67 bits per heavy atom. The van der Waals surface area contributed by atoms with E-state index in [1.54, 1.807) is 0 Å². The van der Waals surface area contributed by atoms with E-state index in [2.05, 4.69) is 40.4 Å². The van der Waals surface area contributed by atoms with Crippen LogP contribution in [0.15, 0.2) is 66.7 Å². The molecule has 0 unspecified atom stereocenters. The summed E-state index contributed by atoms with van der Waals surface area (Å²) in [6.07, 6.45) is 0.0568. The first-order valence-electron chi connectivity index (χ1n) is 10.6. The lowest BCUT2D eigenvalue weighted by Crippen LogP contribution is -2.44. The molecule has 3 aromatic rings. The molecule has 3 aromatic carbocycles. The molecule has 30 heavy (non-hydrogen) atoms. The Labute approximate surface area is 178 Å². The number of amides is 1. The Morgan fingerprint density at radius 1 is 0.967 bits per heavy atom. The van der Waals surface area contributed by atoms with Gasteiger partial charge < -0.3 is 19.9 Å². The van der Waals surface area contributed by atoms with Crippen LogP contribution in [0.25, 0.3) is 10.8 Å². The zero-order valence-corrected chi connectivity index (χ0v) is 17.7. The zero-order valence-electron chi connectivity index (χ0n) is 17.7. The predicted molar refractivity (Wildman–Crippen MR) is 123 cm³/mol. The topological polar surface area (TPSA) is 44.8 Å². The molecule has 0 aromatic heterocycles. The average Bonchev–Trinajstić information content (AvgIpc) is 2.78. The Kier molecular flexibility index (Phi) is 6.19. The Hall–Kier alpha value is -3.05. The highest BCUT2D eigenvalue weighted by molar-refractivity contribution is 5.94. The predicted octanol–water partition coefficient (Wildman–Crippen LogP) is 4.39. The standard InChI is InChI=1S/C25H29N3O2/c1-3-24(30-23-13-8-19-6-4-5-7-20(19)18-23)25(29)26-21-9-11-22(12-10-21)28-16-14-27(2)15-17-28/h4-13,18,24H,3,14-17H2,1-2H3,(H,26,29)/t24-/m0/s1. The van der Waals surface area contributed by atoms with Gasteiger partial charge in [-0.15, -0.1) is 0 Å². The van der Waals surface area contributed by atoms with E-state index >= 15 is 0 Å². The van der Waals surface area contributed by atoms with Gasteiger partial charge in [0.05, 0.1) is 0 Å². The van der Waals surface area contributed by atoms with Crippen molar-refractivity contribution in [2.75, 3.05) is 43.4 Å². The summed E-state index contributed by atoms with van der Waals surface area (Å²) in [5.41, 5.74) is 1.99. The van der Waals surface area contributed by atoms with E-state index in [0.717, 1.165) is 42.6 Å². The maximum Gasteiger partial charge on any atom is 0.265 e. The van der Waals surface area contributed by atoms with Crippen molar-refractivity contribution in [2.24, 2.45) is 0 Å². The summed E-state index contributed by atoms with van der Waals surface area (Å²) in [6, 6.07) is 22.1. The number of hydrogen-bond donors (Lipinski definition) is 1. The van der Waals surface area contributed by atoms with Crippen LogP contribution in [0.1, 0.15) is 13.3 Å². The molecule has 5 nitrogen and oxygen atoms in total. The van der Waals surface area contributed by atoms with Gasteiger partial charge in [0.1, 0.15) is 5.75 Å². The van der Waals surface area contributed by atoms with Crippen molar-refractivity contribution in [2.45, 2.75) is 19.4 Å². The second kappa shape index (κ2) is 9.18. The van der Waals surface area contributed by atoms with Gasteiger partial charge in [0.2, 0.25) is 0 Å². The number of benzene rings is 3. The summed E-state index contributed by atoms with van der Waals surface area (Å²) in [5, 5.41) is 5.25. The van der Waals surface area contributed by atoms with Crippen LogP contribution in [0.4, 0.5) is 11.4 Å². The van der Waals surface area contributed by atoms with E-state index in [4.69, 9.17) is 4.74 Å². The SMILES string of the molecule is CC[C@H](Oc1ccc2ccccc2c1)C(=O)Nc1ccc(N2CCN(C)CC2)cc1. The van der Waals surface area contributed by atoms with Gasteiger partial charge in [0.15, 0.2) is 6.10 Å². The second-order valence-electron chi connectivity index (χ2n) is 7.85. The molecule has 4 rings (SSSR count). The van der Waals surface area contributed by atoms with Crippen molar-refractivity contribution in [3.05, 3.63) is 66.7 Å². The van der Waals surface area contributed by atoms with Gasteiger partial charge in [-0.25, -0.2) is 0 Å². The molecule has 0 saturated carbocycles. The molecule has 0 bridgehead atoms. The number of likely N-dealkylation sites (N-methyl/N-ethyl adjacent to an activating group) is 1. The molecule has 0 radical (unpaired) electrons. The van der Waals surface area contributed by atoms with Gasteiger partial charge in [0.25, 0.3) is 5.91 Å². The molecular formula is C25H29N3O2. The van der Waals surface area contributed by atoms with E-state index in [1.165, 1.54) is 5.69 Å². The van der Waals surface area contributed by atoms with Gasteiger partial charge in [-0.05, 0) is 60.6 Å². The van der Waals surface area contributed by atoms with E-state index in [9.17, 15) is 4.79 Å². The summed E-state index contributed by atoms with van der Waals surface area (Å²) in [5.74, 6) is 0.583.